The van der Waals surface area contributed by atoms with Crippen LogP contribution in [0.25, 0.3) is 21.9 Å². The van der Waals surface area contributed by atoms with Gasteiger partial charge in [0.05, 0.1) is 0 Å². The van der Waals surface area contributed by atoms with Crippen molar-refractivity contribution in [2.75, 3.05) is 0 Å². The van der Waals surface area contributed by atoms with Gasteiger partial charge in [-0.3, -0.25) is 0 Å². The summed E-state index contributed by atoms with van der Waals surface area (Å²) in [6.45, 7) is 0.156. The molecule has 0 unspecified atom stereocenters. The van der Waals surface area contributed by atoms with Gasteiger partial charge in [-0.2, -0.15) is 0 Å². The number of hydrogen-bond acceptors (Lipinski definition) is 10. The molecule has 2 heterocycles. The summed E-state index contributed by atoms with van der Waals surface area (Å²) in [7, 11) is 0. The number of carboxylic acids is 2. The van der Waals surface area contributed by atoms with Gasteiger partial charge in [-0.25, -0.2) is 9.59 Å². The van der Waals surface area contributed by atoms with Gasteiger partial charge >= 0.3 is 30.7 Å². The van der Waals surface area contributed by atoms with E-state index in [-0.39, 0.29) is 43.7 Å². The molecule has 0 atom stereocenters. The largest absolute Gasteiger partial charge is 2.00 e. The molecule has 11 heteroatoms. The fourth-order valence-corrected chi connectivity index (χ4v) is 3.62. The molecule has 0 fully saturated rings. The first-order valence-electron chi connectivity index (χ1n) is 10.1. The molecule has 0 aliphatic rings. The van der Waals surface area contributed by atoms with E-state index in [2.05, 4.69) is 0 Å². The van der Waals surface area contributed by atoms with Gasteiger partial charge in [-0.05, 0) is 23.3 Å². The molecule has 35 heavy (non-hydrogen) atoms. The van der Waals surface area contributed by atoms with Crippen molar-refractivity contribution in [3.05, 3.63) is 91.6 Å². The summed E-state index contributed by atoms with van der Waals surface area (Å²) in [5.74, 6) is -2.66. The SMILES string of the molecule is NCc1c(CC(=O)[O-])c(=O)oc2ccccc12.NCc1c(CC(=O)[O-])c(=O)oc2ccccc12.[Zn+2]. The van der Waals surface area contributed by atoms with E-state index in [0.717, 1.165) is 0 Å². The fraction of sp³-hybridized carbons (Fsp3) is 0.167. The van der Waals surface area contributed by atoms with E-state index in [1.807, 2.05) is 0 Å². The summed E-state index contributed by atoms with van der Waals surface area (Å²) in [6.07, 6.45) is -0.973. The number of benzene rings is 2. The minimum Gasteiger partial charge on any atom is -0.550 e. The maximum absolute atomic E-state index is 11.6. The Bertz CT molecular complexity index is 1380. The van der Waals surface area contributed by atoms with Crippen LogP contribution in [0.4, 0.5) is 0 Å². The number of aliphatic carboxylic acids is 2. The van der Waals surface area contributed by atoms with Crippen LogP contribution >= 0.6 is 0 Å². The molecular weight excluding hydrogens is 510 g/mol. The molecule has 0 saturated carbocycles. The molecular formula is C24H20N2O8Zn. The van der Waals surface area contributed by atoms with E-state index < -0.39 is 36.0 Å². The molecule has 4 N–H and O–H groups in total. The maximum Gasteiger partial charge on any atom is 2.00 e. The van der Waals surface area contributed by atoms with E-state index in [0.29, 0.717) is 33.1 Å². The number of para-hydroxylation sites is 2. The predicted molar refractivity (Wildman–Crippen MR) is 118 cm³/mol. The van der Waals surface area contributed by atoms with Gasteiger partial charge in [0.15, 0.2) is 0 Å². The van der Waals surface area contributed by atoms with Crippen molar-refractivity contribution >= 4 is 33.9 Å². The Balaban J connectivity index is 0.000000240. The van der Waals surface area contributed by atoms with Gasteiger partial charge in [0.1, 0.15) is 11.2 Å². The first-order chi connectivity index (χ1) is 16.3. The minimum absolute atomic E-state index is 0. The van der Waals surface area contributed by atoms with Crippen LogP contribution in [-0.2, 0) is 55.0 Å². The zero-order valence-corrected chi connectivity index (χ0v) is 21.5. The minimum atomic E-state index is -1.33. The van der Waals surface area contributed by atoms with Crippen molar-refractivity contribution in [2.45, 2.75) is 25.9 Å². The van der Waals surface area contributed by atoms with Crippen molar-refractivity contribution in [3.8, 4) is 0 Å². The summed E-state index contributed by atoms with van der Waals surface area (Å²) in [5, 5.41) is 22.5. The number of carboxylic acid groups (broad SMARTS) is 2. The van der Waals surface area contributed by atoms with Gasteiger partial charge in [0, 0.05) is 59.8 Å². The average Bonchev–Trinajstić information content (AvgIpc) is 2.80. The van der Waals surface area contributed by atoms with Crippen molar-refractivity contribution < 1.29 is 48.1 Å². The summed E-state index contributed by atoms with van der Waals surface area (Å²) in [6, 6.07) is 13.7. The van der Waals surface area contributed by atoms with Gasteiger partial charge < -0.3 is 40.1 Å². The normalized spacial score (nSPS) is 10.3. The van der Waals surface area contributed by atoms with Gasteiger partial charge in [-0.15, -0.1) is 0 Å². The van der Waals surface area contributed by atoms with Crippen LogP contribution in [0, 0.1) is 0 Å². The zero-order valence-electron chi connectivity index (χ0n) is 18.6. The molecule has 0 amide bonds. The Hall–Kier alpha value is -3.66. The molecule has 0 saturated heterocycles. The fourth-order valence-electron chi connectivity index (χ4n) is 3.62. The van der Waals surface area contributed by atoms with E-state index in [1.165, 1.54) is 0 Å². The van der Waals surface area contributed by atoms with E-state index in [4.69, 9.17) is 20.3 Å². The first kappa shape index (κ1) is 27.6. The number of carbonyl (C=O) groups is 2. The number of rotatable bonds is 6. The standard InChI is InChI=1S/2C12H11NO4.Zn/c2*13-6-9-7-3-1-2-4-10(7)17-12(16)8(9)5-11(14)15;/h2*1-4H,5-6,13H2,(H,14,15);/q;;+2/p-2. The molecule has 176 valence electrons. The van der Waals surface area contributed by atoms with E-state index >= 15 is 0 Å². The Labute approximate surface area is 210 Å². The summed E-state index contributed by atoms with van der Waals surface area (Å²) in [4.78, 5) is 44.5. The number of fused-ring (bicyclic) bond motifs is 2. The average molecular weight is 530 g/mol. The van der Waals surface area contributed by atoms with Gasteiger partial charge in [0.2, 0.25) is 0 Å². The maximum atomic E-state index is 11.6. The number of nitrogens with two attached hydrogens (primary N) is 2. The van der Waals surface area contributed by atoms with Crippen LogP contribution in [0.1, 0.15) is 22.3 Å². The molecule has 0 spiro atoms. The van der Waals surface area contributed by atoms with Gasteiger partial charge in [0.25, 0.3) is 0 Å². The van der Waals surface area contributed by atoms with Crippen molar-refractivity contribution in [1.29, 1.82) is 0 Å². The molecule has 10 nitrogen and oxygen atoms in total. The Morgan fingerprint density at radius 3 is 1.31 bits per heavy atom. The quantitative estimate of drug-likeness (QED) is 0.233. The number of hydrogen-bond donors (Lipinski definition) is 2. The van der Waals surface area contributed by atoms with Crippen LogP contribution in [0.3, 0.4) is 0 Å². The molecule has 0 aliphatic heterocycles. The Morgan fingerprint density at radius 2 is 1.00 bits per heavy atom. The first-order valence-corrected chi connectivity index (χ1v) is 10.1. The predicted octanol–water partition coefficient (Wildman–Crippen LogP) is -0.914. The summed E-state index contributed by atoms with van der Waals surface area (Å²) < 4.78 is 10.1. The Morgan fingerprint density at radius 1 is 0.657 bits per heavy atom. The molecule has 2 aromatic heterocycles. The number of carbonyl (C=O) groups excluding carboxylic acids is 2. The molecule has 0 radical (unpaired) electrons. The molecule has 0 bridgehead atoms. The molecule has 0 aliphatic carbocycles. The van der Waals surface area contributed by atoms with Crippen molar-refractivity contribution in [1.82, 2.24) is 0 Å². The van der Waals surface area contributed by atoms with Crippen LogP contribution in [0.15, 0.2) is 67.0 Å². The topological polar surface area (TPSA) is 193 Å². The van der Waals surface area contributed by atoms with Crippen LogP contribution in [0.5, 0.6) is 0 Å². The summed E-state index contributed by atoms with van der Waals surface area (Å²) >= 11 is 0. The molecule has 2 aromatic carbocycles. The Kier molecular flexibility index (Phi) is 9.59. The third-order valence-electron chi connectivity index (χ3n) is 5.10. The third kappa shape index (κ3) is 6.27. The van der Waals surface area contributed by atoms with Crippen molar-refractivity contribution in [3.63, 3.8) is 0 Å². The summed E-state index contributed by atoms with van der Waals surface area (Å²) in [5.41, 5.74) is 11.7. The zero-order chi connectivity index (χ0) is 24.8. The monoisotopic (exact) mass is 528 g/mol. The van der Waals surface area contributed by atoms with Crippen LogP contribution in [-0.4, -0.2) is 11.9 Å². The van der Waals surface area contributed by atoms with Crippen LogP contribution in [0.2, 0.25) is 0 Å². The third-order valence-corrected chi connectivity index (χ3v) is 5.10. The van der Waals surface area contributed by atoms with Crippen LogP contribution < -0.4 is 32.9 Å². The second kappa shape index (κ2) is 12.2. The van der Waals surface area contributed by atoms with Gasteiger partial charge in [-0.1, -0.05) is 36.4 Å². The van der Waals surface area contributed by atoms with E-state index in [9.17, 15) is 29.4 Å². The second-order valence-corrected chi connectivity index (χ2v) is 7.19. The molecule has 4 aromatic rings. The smallest absolute Gasteiger partial charge is 0.550 e. The van der Waals surface area contributed by atoms with Crippen molar-refractivity contribution in [2.24, 2.45) is 11.5 Å². The van der Waals surface area contributed by atoms with E-state index in [1.54, 1.807) is 48.5 Å². The molecule has 4 rings (SSSR count). The second-order valence-electron chi connectivity index (χ2n) is 7.19.